The molecule has 98 valence electrons. The highest BCUT2D eigenvalue weighted by Crippen LogP contribution is 2.35. The second-order valence-corrected chi connectivity index (χ2v) is 4.37. The lowest BCUT2D eigenvalue weighted by molar-refractivity contribution is -0.116. The Balaban J connectivity index is 2.08. The third kappa shape index (κ3) is 1.86. The summed E-state index contributed by atoms with van der Waals surface area (Å²) in [6.45, 7) is 0. The number of carbonyl (C=O) groups is 1. The number of aromatic nitrogens is 2. The van der Waals surface area contributed by atoms with E-state index in [1.165, 1.54) is 17.3 Å². The SMILES string of the molecule is CNc1ccc2c(c1)CC(=O)N2c1cc(C#N)ncn1. The van der Waals surface area contributed by atoms with Crippen LogP contribution in [0.3, 0.4) is 0 Å². The first-order chi connectivity index (χ1) is 9.72. The first kappa shape index (κ1) is 12.1. The minimum atomic E-state index is -0.0594. The van der Waals surface area contributed by atoms with Gasteiger partial charge >= 0.3 is 0 Å². The molecule has 0 fully saturated rings. The second kappa shape index (κ2) is 4.63. The lowest BCUT2D eigenvalue weighted by Crippen LogP contribution is -2.22. The van der Waals surface area contributed by atoms with Crippen molar-refractivity contribution in [1.29, 1.82) is 5.26 Å². The molecule has 1 aliphatic heterocycles. The van der Waals surface area contributed by atoms with Gasteiger partial charge in [0.15, 0.2) is 0 Å². The Kier molecular flexibility index (Phi) is 2.80. The predicted octanol–water partition coefficient (Wildman–Crippen LogP) is 1.61. The highest BCUT2D eigenvalue weighted by atomic mass is 16.2. The molecule has 2 heterocycles. The van der Waals surface area contributed by atoms with Gasteiger partial charge in [-0.05, 0) is 23.8 Å². The maximum Gasteiger partial charge on any atom is 0.237 e. The summed E-state index contributed by atoms with van der Waals surface area (Å²) in [7, 11) is 1.83. The summed E-state index contributed by atoms with van der Waals surface area (Å²) in [6, 6.07) is 9.18. The zero-order valence-electron chi connectivity index (χ0n) is 10.8. The molecule has 1 amide bonds. The number of hydrogen-bond acceptors (Lipinski definition) is 5. The third-order valence-electron chi connectivity index (χ3n) is 3.20. The lowest BCUT2D eigenvalue weighted by Gasteiger charge is -2.16. The van der Waals surface area contributed by atoms with Gasteiger partial charge in [0.1, 0.15) is 23.9 Å². The maximum atomic E-state index is 12.2. The number of rotatable bonds is 2. The van der Waals surface area contributed by atoms with Crippen molar-refractivity contribution >= 4 is 23.1 Å². The molecule has 1 aromatic carbocycles. The van der Waals surface area contributed by atoms with E-state index in [4.69, 9.17) is 5.26 Å². The Labute approximate surface area is 115 Å². The van der Waals surface area contributed by atoms with Crippen molar-refractivity contribution in [3.63, 3.8) is 0 Å². The summed E-state index contributed by atoms with van der Waals surface area (Å²) in [5.74, 6) is 0.369. The first-order valence-corrected chi connectivity index (χ1v) is 6.08. The van der Waals surface area contributed by atoms with E-state index in [0.29, 0.717) is 12.2 Å². The lowest BCUT2D eigenvalue weighted by atomic mass is 10.1. The molecule has 0 spiro atoms. The molecule has 3 rings (SSSR count). The van der Waals surface area contributed by atoms with E-state index in [1.54, 1.807) is 0 Å². The molecule has 0 aliphatic carbocycles. The van der Waals surface area contributed by atoms with Crippen LogP contribution in [-0.2, 0) is 11.2 Å². The van der Waals surface area contributed by atoms with Gasteiger partial charge in [-0.1, -0.05) is 0 Å². The maximum absolute atomic E-state index is 12.2. The highest BCUT2D eigenvalue weighted by Gasteiger charge is 2.29. The summed E-state index contributed by atoms with van der Waals surface area (Å²) >= 11 is 0. The summed E-state index contributed by atoms with van der Waals surface area (Å²) in [4.78, 5) is 21.6. The van der Waals surface area contributed by atoms with Gasteiger partial charge in [0, 0.05) is 18.8 Å². The minimum absolute atomic E-state index is 0.0594. The number of nitrogens with one attached hydrogen (secondary N) is 1. The second-order valence-electron chi connectivity index (χ2n) is 4.37. The molecule has 0 unspecified atom stereocenters. The molecule has 6 heteroatoms. The normalized spacial score (nSPS) is 13.0. The van der Waals surface area contributed by atoms with Gasteiger partial charge in [-0.15, -0.1) is 0 Å². The summed E-state index contributed by atoms with van der Waals surface area (Å²) < 4.78 is 0. The molecule has 0 bridgehead atoms. The summed E-state index contributed by atoms with van der Waals surface area (Å²) in [5.41, 5.74) is 2.94. The number of amides is 1. The van der Waals surface area contributed by atoms with Gasteiger partial charge in [0.25, 0.3) is 0 Å². The Bertz CT molecular complexity index is 735. The van der Waals surface area contributed by atoms with Crippen LogP contribution >= 0.6 is 0 Å². The van der Waals surface area contributed by atoms with Crippen LogP contribution in [0.15, 0.2) is 30.6 Å². The van der Waals surface area contributed by atoms with Crippen LogP contribution in [0.4, 0.5) is 17.2 Å². The molecule has 1 N–H and O–H groups in total. The van der Waals surface area contributed by atoms with Gasteiger partial charge < -0.3 is 5.32 Å². The van der Waals surface area contributed by atoms with Crippen LogP contribution in [0.1, 0.15) is 11.3 Å². The monoisotopic (exact) mass is 265 g/mol. The fourth-order valence-electron chi connectivity index (χ4n) is 2.26. The van der Waals surface area contributed by atoms with Crippen molar-refractivity contribution in [2.24, 2.45) is 0 Å². The summed E-state index contributed by atoms with van der Waals surface area (Å²) in [6.07, 6.45) is 1.62. The van der Waals surface area contributed by atoms with Gasteiger partial charge in [-0.3, -0.25) is 9.69 Å². The van der Waals surface area contributed by atoms with Crippen molar-refractivity contribution in [2.75, 3.05) is 17.3 Å². The number of hydrogen-bond donors (Lipinski definition) is 1. The zero-order chi connectivity index (χ0) is 14.1. The van der Waals surface area contributed by atoms with Crippen molar-refractivity contribution in [1.82, 2.24) is 9.97 Å². The van der Waals surface area contributed by atoms with Crippen molar-refractivity contribution in [2.45, 2.75) is 6.42 Å². The van der Waals surface area contributed by atoms with Crippen molar-refractivity contribution < 1.29 is 4.79 Å². The Morgan fingerprint density at radius 2 is 2.20 bits per heavy atom. The van der Waals surface area contributed by atoms with Crippen molar-refractivity contribution in [3.8, 4) is 6.07 Å². The van der Waals surface area contributed by atoms with E-state index >= 15 is 0 Å². The van der Waals surface area contributed by atoms with Gasteiger partial charge in [-0.25, -0.2) is 9.97 Å². The smallest absolute Gasteiger partial charge is 0.237 e. The van der Waals surface area contributed by atoms with Crippen LogP contribution in [-0.4, -0.2) is 22.9 Å². The van der Waals surface area contributed by atoms with E-state index in [9.17, 15) is 4.79 Å². The number of nitrogens with zero attached hydrogens (tertiary/aromatic N) is 4. The number of fused-ring (bicyclic) bond motifs is 1. The number of nitriles is 1. The van der Waals surface area contributed by atoms with E-state index in [0.717, 1.165) is 16.9 Å². The molecule has 6 nitrogen and oxygen atoms in total. The largest absolute Gasteiger partial charge is 0.388 e. The summed E-state index contributed by atoms with van der Waals surface area (Å²) in [5, 5.41) is 11.9. The molecule has 1 aromatic heterocycles. The van der Waals surface area contributed by atoms with E-state index in [-0.39, 0.29) is 11.6 Å². The van der Waals surface area contributed by atoms with Crippen LogP contribution in [0.2, 0.25) is 0 Å². The van der Waals surface area contributed by atoms with E-state index in [1.807, 2.05) is 31.3 Å². The van der Waals surface area contributed by atoms with Crippen molar-refractivity contribution in [3.05, 3.63) is 41.9 Å². The quantitative estimate of drug-likeness (QED) is 0.892. The predicted molar refractivity (Wildman–Crippen MR) is 73.6 cm³/mol. The molecule has 0 radical (unpaired) electrons. The zero-order valence-corrected chi connectivity index (χ0v) is 10.8. The number of carbonyl (C=O) groups excluding carboxylic acids is 1. The fourth-order valence-corrected chi connectivity index (χ4v) is 2.26. The van der Waals surface area contributed by atoms with Gasteiger partial charge in [0.2, 0.25) is 5.91 Å². The topological polar surface area (TPSA) is 81.9 Å². The minimum Gasteiger partial charge on any atom is -0.388 e. The first-order valence-electron chi connectivity index (χ1n) is 6.08. The molecular formula is C14H11N5O. The molecule has 0 saturated heterocycles. The number of anilines is 3. The highest BCUT2D eigenvalue weighted by molar-refractivity contribution is 6.06. The molecular weight excluding hydrogens is 254 g/mol. The van der Waals surface area contributed by atoms with Crippen LogP contribution in [0, 0.1) is 11.3 Å². The third-order valence-corrected chi connectivity index (χ3v) is 3.20. The fraction of sp³-hybridized carbons (Fsp3) is 0.143. The Morgan fingerprint density at radius 1 is 1.35 bits per heavy atom. The standard InChI is InChI=1S/C14H11N5O/c1-16-10-2-3-12-9(4-10)5-14(20)19(12)13-6-11(7-15)17-8-18-13/h2-4,6,8,16H,5H2,1H3. The van der Waals surface area contributed by atoms with Crippen LogP contribution in [0.25, 0.3) is 0 Å². The van der Waals surface area contributed by atoms with E-state index in [2.05, 4.69) is 15.3 Å². The number of benzene rings is 1. The van der Waals surface area contributed by atoms with Gasteiger partial charge in [-0.2, -0.15) is 5.26 Å². The Hall–Kier alpha value is -2.94. The molecule has 2 aromatic rings. The van der Waals surface area contributed by atoms with Crippen LogP contribution in [0.5, 0.6) is 0 Å². The molecule has 0 atom stereocenters. The molecule has 0 saturated carbocycles. The van der Waals surface area contributed by atoms with E-state index < -0.39 is 0 Å². The molecule has 20 heavy (non-hydrogen) atoms. The van der Waals surface area contributed by atoms with Crippen LogP contribution < -0.4 is 10.2 Å². The average Bonchev–Trinajstić information content (AvgIpc) is 2.82. The molecule has 1 aliphatic rings. The Morgan fingerprint density at radius 3 is 2.95 bits per heavy atom. The van der Waals surface area contributed by atoms with Gasteiger partial charge in [0.05, 0.1) is 12.1 Å². The average molecular weight is 265 g/mol.